The molecule has 0 unspecified atom stereocenters. The number of benzene rings is 1. The molecule has 2 aromatic heterocycles. The van der Waals surface area contributed by atoms with Crippen molar-refractivity contribution >= 4 is 11.0 Å². The van der Waals surface area contributed by atoms with Crippen molar-refractivity contribution in [2.75, 3.05) is 0 Å². The molecule has 0 bridgehead atoms. The number of aromatic nitrogens is 2. The summed E-state index contributed by atoms with van der Waals surface area (Å²) in [6, 6.07) is 11.0. The van der Waals surface area contributed by atoms with E-state index in [0.29, 0.717) is 17.6 Å². The van der Waals surface area contributed by atoms with Crippen LogP contribution in [-0.4, -0.2) is 9.55 Å². The summed E-state index contributed by atoms with van der Waals surface area (Å²) in [5, 5.41) is 0.306. The van der Waals surface area contributed by atoms with Crippen LogP contribution in [-0.2, 0) is 6.54 Å². The molecule has 5 heteroatoms. The Morgan fingerprint density at radius 1 is 1.15 bits per heavy atom. The van der Waals surface area contributed by atoms with E-state index in [2.05, 4.69) is 4.98 Å². The van der Waals surface area contributed by atoms with Gasteiger partial charge in [0.2, 0.25) is 0 Å². The molecule has 1 aromatic carbocycles. The van der Waals surface area contributed by atoms with Crippen LogP contribution in [0.3, 0.4) is 0 Å². The summed E-state index contributed by atoms with van der Waals surface area (Å²) in [6.45, 7) is 2.29. The minimum Gasteiger partial charge on any atom is -0.372 e. The molecule has 2 heterocycles. The van der Waals surface area contributed by atoms with Gasteiger partial charge in [-0.15, -0.1) is 0 Å². The molecule has 0 fully saturated rings. The summed E-state index contributed by atoms with van der Waals surface area (Å²) in [5.41, 5.74) is 1.74. The molecule has 0 saturated carbocycles. The molecular formula is C15H12N2O3. The summed E-state index contributed by atoms with van der Waals surface area (Å²) in [5.74, 6) is -0.690. The minimum absolute atomic E-state index is 0.306. The molecule has 0 aliphatic heterocycles. The second-order valence-corrected chi connectivity index (χ2v) is 4.54. The zero-order chi connectivity index (χ0) is 14.1. The lowest BCUT2D eigenvalue weighted by Gasteiger charge is -2.09. The maximum absolute atomic E-state index is 11.9. The monoisotopic (exact) mass is 268 g/mol. The fourth-order valence-corrected chi connectivity index (χ4v) is 2.14. The number of pyridine rings is 1. The van der Waals surface area contributed by atoms with E-state index < -0.39 is 11.4 Å². The van der Waals surface area contributed by atoms with E-state index in [-0.39, 0.29) is 0 Å². The van der Waals surface area contributed by atoms with Crippen molar-refractivity contribution in [1.29, 1.82) is 0 Å². The van der Waals surface area contributed by atoms with Gasteiger partial charge in [-0.05, 0) is 30.2 Å². The topological polar surface area (TPSA) is 65.1 Å². The Morgan fingerprint density at radius 2 is 1.95 bits per heavy atom. The summed E-state index contributed by atoms with van der Waals surface area (Å²) in [6.07, 6.45) is 1.55. The van der Waals surface area contributed by atoms with Gasteiger partial charge in [-0.3, -0.25) is 4.57 Å². The quantitative estimate of drug-likeness (QED) is 0.709. The lowest BCUT2D eigenvalue weighted by molar-refractivity contribution is 0.423. The molecule has 5 nitrogen and oxygen atoms in total. The molecule has 0 radical (unpaired) electrons. The van der Waals surface area contributed by atoms with Crippen LogP contribution in [0.1, 0.15) is 11.1 Å². The average molecular weight is 268 g/mol. The average Bonchev–Trinajstić information content (AvgIpc) is 2.45. The fraction of sp³-hybridized carbons (Fsp3) is 0.133. The number of rotatable bonds is 2. The molecule has 0 amide bonds. The predicted octanol–water partition coefficient (Wildman–Crippen LogP) is 1.71. The van der Waals surface area contributed by atoms with Crippen LogP contribution < -0.4 is 11.4 Å². The van der Waals surface area contributed by atoms with Gasteiger partial charge in [0, 0.05) is 6.20 Å². The maximum atomic E-state index is 11.9. The number of fused-ring (bicyclic) bond motifs is 1. The van der Waals surface area contributed by atoms with Gasteiger partial charge < -0.3 is 4.42 Å². The van der Waals surface area contributed by atoms with Gasteiger partial charge in [0.1, 0.15) is 5.39 Å². The third kappa shape index (κ3) is 2.03. The van der Waals surface area contributed by atoms with Gasteiger partial charge >= 0.3 is 11.4 Å². The Balaban J connectivity index is 2.25. The molecule has 0 aliphatic carbocycles. The molecule has 20 heavy (non-hydrogen) atoms. The molecule has 100 valence electrons. The van der Waals surface area contributed by atoms with E-state index in [1.54, 1.807) is 18.3 Å². The van der Waals surface area contributed by atoms with Crippen molar-refractivity contribution in [1.82, 2.24) is 9.55 Å². The highest BCUT2D eigenvalue weighted by Crippen LogP contribution is 2.11. The maximum Gasteiger partial charge on any atom is 0.423 e. The Bertz CT molecular complexity index is 893. The Hall–Kier alpha value is -2.69. The Kier molecular flexibility index (Phi) is 2.95. The van der Waals surface area contributed by atoms with Crippen LogP contribution in [0.4, 0.5) is 0 Å². The SMILES string of the molecule is Cc1ccccc1Cn1c(=O)oc(=O)c2cccnc21. The van der Waals surface area contributed by atoms with Crippen molar-refractivity contribution in [2.45, 2.75) is 13.5 Å². The summed E-state index contributed by atoms with van der Waals surface area (Å²) in [4.78, 5) is 27.7. The predicted molar refractivity (Wildman–Crippen MR) is 74.8 cm³/mol. The van der Waals surface area contributed by atoms with Crippen LogP contribution in [0.25, 0.3) is 11.0 Å². The largest absolute Gasteiger partial charge is 0.423 e. The van der Waals surface area contributed by atoms with Gasteiger partial charge in [0.25, 0.3) is 0 Å². The number of nitrogens with zero attached hydrogens (tertiary/aromatic N) is 2. The normalized spacial score (nSPS) is 10.8. The minimum atomic E-state index is -0.690. The lowest BCUT2D eigenvalue weighted by Crippen LogP contribution is -2.26. The van der Waals surface area contributed by atoms with Crippen molar-refractivity contribution in [3.8, 4) is 0 Å². The van der Waals surface area contributed by atoms with Gasteiger partial charge in [-0.1, -0.05) is 24.3 Å². The van der Waals surface area contributed by atoms with E-state index in [0.717, 1.165) is 11.1 Å². The standard InChI is InChI=1S/C15H12N2O3/c1-10-5-2-3-6-11(10)9-17-13-12(7-4-8-16-13)14(18)20-15(17)19/h2-8H,9H2,1H3. The van der Waals surface area contributed by atoms with Gasteiger partial charge in [0.05, 0.1) is 6.54 Å². The fourth-order valence-electron chi connectivity index (χ4n) is 2.14. The Labute approximate surface area is 114 Å². The smallest absolute Gasteiger partial charge is 0.372 e. The summed E-state index contributed by atoms with van der Waals surface area (Å²) >= 11 is 0. The van der Waals surface area contributed by atoms with Crippen molar-refractivity contribution < 1.29 is 4.42 Å². The van der Waals surface area contributed by atoms with Crippen LogP contribution >= 0.6 is 0 Å². The molecule has 3 aromatic rings. The van der Waals surface area contributed by atoms with E-state index >= 15 is 0 Å². The van der Waals surface area contributed by atoms with E-state index in [9.17, 15) is 9.59 Å². The van der Waals surface area contributed by atoms with E-state index in [1.165, 1.54) is 4.57 Å². The van der Waals surface area contributed by atoms with Gasteiger partial charge in [0.15, 0.2) is 5.65 Å². The first kappa shape index (κ1) is 12.3. The third-order valence-corrected chi connectivity index (χ3v) is 3.25. The third-order valence-electron chi connectivity index (χ3n) is 3.25. The number of aryl methyl sites for hydroxylation is 1. The second-order valence-electron chi connectivity index (χ2n) is 4.54. The van der Waals surface area contributed by atoms with Crippen molar-refractivity contribution in [2.24, 2.45) is 0 Å². The molecular weight excluding hydrogens is 256 g/mol. The molecule has 0 saturated heterocycles. The van der Waals surface area contributed by atoms with Crippen LogP contribution in [0, 0.1) is 6.92 Å². The first-order valence-electron chi connectivity index (χ1n) is 6.20. The van der Waals surface area contributed by atoms with Crippen LogP contribution in [0.15, 0.2) is 56.6 Å². The highest BCUT2D eigenvalue weighted by Gasteiger charge is 2.11. The van der Waals surface area contributed by atoms with E-state index in [1.807, 2.05) is 31.2 Å². The lowest BCUT2D eigenvalue weighted by atomic mass is 10.1. The van der Waals surface area contributed by atoms with Crippen LogP contribution in [0.2, 0.25) is 0 Å². The molecule has 0 N–H and O–H groups in total. The van der Waals surface area contributed by atoms with E-state index in [4.69, 9.17) is 4.42 Å². The van der Waals surface area contributed by atoms with Crippen LogP contribution in [0.5, 0.6) is 0 Å². The molecule has 0 aliphatic rings. The highest BCUT2D eigenvalue weighted by molar-refractivity contribution is 5.72. The second kappa shape index (κ2) is 4.77. The zero-order valence-electron chi connectivity index (χ0n) is 10.9. The molecule has 0 atom stereocenters. The Morgan fingerprint density at radius 3 is 2.75 bits per heavy atom. The van der Waals surface area contributed by atoms with Crippen molar-refractivity contribution in [3.63, 3.8) is 0 Å². The first-order valence-corrected chi connectivity index (χ1v) is 6.20. The van der Waals surface area contributed by atoms with Gasteiger partial charge in [-0.2, -0.15) is 0 Å². The summed E-state index contributed by atoms with van der Waals surface area (Å²) < 4.78 is 6.12. The number of hydrogen-bond donors (Lipinski definition) is 0. The molecule has 0 spiro atoms. The highest BCUT2D eigenvalue weighted by atomic mass is 16.4. The number of hydrogen-bond acceptors (Lipinski definition) is 4. The summed E-state index contributed by atoms with van der Waals surface area (Å²) in [7, 11) is 0. The first-order chi connectivity index (χ1) is 9.66. The van der Waals surface area contributed by atoms with Crippen molar-refractivity contribution in [3.05, 3.63) is 74.7 Å². The zero-order valence-corrected chi connectivity index (χ0v) is 10.9. The molecule has 3 rings (SSSR count). The van der Waals surface area contributed by atoms with Gasteiger partial charge in [-0.25, -0.2) is 14.6 Å².